The van der Waals surface area contributed by atoms with Gasteiger partial charge in [0.25, 0.3) is 5.91 Å². The van der Waals surface area contributed by atoms with E-state index in [-0.39, 0.29) is 5.91 Å². The Balaban J connectivity index is 1.83. The molecular formula is C12H14N2O2S. The molecule has 0 atom stereocenters. The molecule has 2 rings (SSSR count). The van der Waals surface area contributed by atoms with Gasteiger partial charge in [0.15, 0.2) is 5.76 Å². The van der Waals surface area contributed by atoms with Gasteiger partial charge in [-0.1, -0.05) is 0 Å². The van der Waals surface area contributed by atoms with Crippen LogP contribution in [0.2, 0.25) is 0 Å². The van der Waals surface area contributed by atoms with Crippen molar-refractivity contribution in [3.05, 3.63) is 39.7 Å². The number of nitrogens with one attached hydrogen (secondary N) is 1. The molecule has 1 N–H and O–H groups in total. The van der Waals surface area contributed by atoms with Crippen molar-refractivity contribution in [2.24, 2.45) is 0 Å². The Bertz CT molecular complexity index is 516. The first kappa shape index (κ1) is 11.9. The number of rotatable bonds is 4. The summed E-state index contributed by atoms with van der Waals surface area (Å²) >= 11 is 1.62. The number of aromatic nitrogens is 1. The predicted octanol–water partition coefficient (Wildman–Crippen LogP) is 2.33. The monoisotopic (exact) mass is 250 g/mol. The second-order valence-corrected chi connectivity index (χ2v) is 4.86. The van der Waals surface area contributed by atoms with Crippen molar-refractivity contribution in [3.8, 4) is 0 Å². The van der Waals surface area contributed by atoms with Crippen LogP contribution in [-0.2, 0) is 6.42 Å². The van der Waals surface area contributed by atoms with Crippen LogP contribution >= 0.6 is 11.3 Å². The van der Waals surface area contributed by atoms with E-state index in [1.54, 1.807) is 17.4 Å². The third kappa shape index (κ3) is 2.94. The fraction of sp³-hybridized carbons (Fsp3) is 0.333. The maximum Gasteiger partial charge on any atom is 0.287 e. The number of hydrogen-bond acceptors (Lipinski definition) is 4. The third-order valence-corrected chi connectivity index (χ3v) is 3.22. The van der Waals surface area contributed by atoms with Crippen LogP contribution in [0, 0.1) is 13.8 Å². The molecule has 0 bridgehead atoms. The molecule has 90 valence electrons. The van der Waals surface area contributed by atoms with Crippen molar-refractivity contribution in [1.29, 1.82) is 0 Å². The van der Waals surface area contributed by atoms with E-state index in [4.69, 9.17) is 4.42 Å². The number of carbonyl (C=O) groups is 1. The number of furan rings is 1. The zero-order valence-corrected chi connectivity index (χ0v) is 10.6. The molecular weight excluding hydrogens is 236 g/mol. The molecule has 0 saturated heterocycles. The number of hydrogen-bond donors (Lipinski definition) is 1. The van der Waals surface area contributed by atoms with Crippen LogP contribution in [-0.4, -0.2) is 17.4 Å². The predicted molar refractivity (Wildman–Crippen MR) is 66.3 cm³/mol. The summed E-state index contributed by atoms with van der Waals surface area (Å²) in [5, 5.41) is 5.88. The first-order chi connectivity index (χ1) is 8.16. The highest BCUT2D eigenvalue weighted by molar-refractivity contribution is 7.09. The fourth-order valence-electron chi connectivity index (χ4n) is 1.51. The zero-order valence-electron chi connectivity index (χ0n) is 9.82. The largest absolute Gasteiger partial charge is 0.459 e. The van der Waals surface area contributed by atoms with Gasteiger partial charge in [-0.3, -0.25) is 4.79 Å². The highest BCUT2D eigenvalue weighted by Gasteiger charge is 2.11. The van der Waals surface area contributed by atoms with Crippen molar-refractivity contribution in [3.63, 3.8) is 0 Å². The zero-order chi connectivity index (χ0) is 12.3. The minimum absolute atomic E-state index is 0.167. The summed E-state index contributed by atoms with van der Waals surface area (Å²) in [5.41, 5.74) is 1.87. The molecule has 0 aliphatic carbocycles. The van der Waals surface area contributed by atoms with Crippen molar-refractivity contribution in [1.82, 2.24) is 10.3 Å². The number of amides is 1. The van der Waals surface area contributed by atoms with Gasteiger partial charge >= 0.3 is 0 Å². The molecule has 0 radical (unpaired) electrons. The first-order valence-corrected chi connectivity index (χ1v) is 6.28. The number of carbonyl (C=O) groups excluding carboxylic acids is 1. The van der Waals surface area contributed by atoms with E-state index in [1.165, 1.54) is 6.26 Å². The van der Waals surface area contributed by atoms with Crippen LogP contribution in [0.25, 0.3) is 0 Å². The first-order valence-electron chi connectivity index (χ1n) is 5.40. The molecule has 0 unspecified atom stereocenters. The molecule has 0 spiro atoms. The van der Waals surface area contributed by atoms with Gasteiger partial charge in [-0.25, -0.2) is 4.98 Å². The van der Waals surface area contributed by atoms with E-state index < -0.39 is 0 Å². The quantitative estimate of drug-likeness (QED) is 0.906. The molecule has 2 aromatic rings. The second-order valence-electron chi connectivity index (χ2n) is 3.80. The van der Waals surface area contributed by atoms with Gasteiger partial charge in [-0.05, 0) is 19.9 Å². The lowest BCUT2D eigenvalue weighted by Crippen LogP contribution is -2.25. The maximum absolute atomic E-state index is 11.7. The summed E-state index contributed by atoms with van der Waals surface area (Å²) in [6.07, 6.45) is 2.27. The lowest BCUT2D eigenvalue weighted by molar-refractivity contribution is 0.0925. The summed E-state index contributed by atoms with van der Waals surface area (Å²) in [7, 11) is 0. The number of nitrogens with zero attached hydrogens (tertiary/aromatic N) is 1. The average Bonchev–Trinajstić information content (AvgIpc) is 2.87. The Morgan fingerprint density at radius 3 is 2.94 bits per heavy atom. The molecule has 0 aliphatic heterocycles. The van der Waals surface area contributed by atoms with Crippen molar-refractivity contribution >= 4 is 17.2 Å². The van der Waals surface area contributed by atoms with E-state index in [9.17, 15) is 4.79 Å². The molecule has 2 heterocycles. The van der Waals surface area contributed by atoms with Crippen LogP contribution in [0.15, 0.2) is 22.1 Å². The molecule has 17 heavy (non-hydrogen) atoms. The van der Waals surface area contributed by atoms with Gasteiger partial charge in [-0.2, -0.15) is 0 Å². The highest BCUT2D eigenvalue weighted by Crippen LogP contribution is 2.09. The Morgan fingerprint density at radius 1 is 1.53 bits per heavy atom. The molecule has 0 aromatic carbocycles. The minimum atomic E-state index is -0.167. The van der Waals surface area contributed by atoms with Crippen molar-refractivity contribution in [2.75, 3.05) is 6.54 Å². The highest BCUT2D eigenvalue weighted by atomic mass is 32.1. The van der Waals surface area contributed by atoms with Crippen molar-refractivity contribution in [2.45, 2.75) is 20.3 Å². The van der Waals surface area contributed by atoms with E-state index in [1.807, 2.05) is 19.2 Å². The Labute approximate surface area is 104 Å². The van der Waals surface area contributed by atoms with Gasteiger partial charge in [0.05, 0.1) is 17.0 Å². The Hall–Kier alpha value is -1.62. The Morgan fingerprint density at radius 2 is 2.35 bits per heavy atom. The SMILES string of the molecule is Cc1nc(CCNC(=O)c2occc2C)cs1. The maximum atomic E-state index is 11.7. The molecule has 1 amide bonds. The molecule has 0 saturated carbocycles. The summed E-state index contributed by atoms with van der Waals surface area (Å²) in [4.78, 5) is 16.0. The standard InChI is InChI=1S/C12H14N2O2S/c1-8-4-6-16-11(8)12(15)13-5-3-10-7-17-9(2)14-10/h4,6-7H,3,5H2,1-2H3,(H,13,15). The van der Waals surface area contributed by atoms with Gasteiger partial charge in [0.2, 0.25) is 0 Å². The van der Waals surface area contributed by atoms with Crippen LogP contribution in [0.3, 0.4) is 0 Å². The molecule has 0 fully saturated rings. The van der Waals surface area contributed by atoms with Crippen molar-refractivity contribution < 1.29 is 9.21 Å². The summed E-state index contributed by atoms with van der Waals surface area (Å²) in [5.74, 6) is 0.221. The van der Waals surface area contributed by atoms with E-state index in [0.717, 1.165) is 22.7 Å². The van der Waals surface area contributed by atoms with Gasteiger partial charge in [0, 0.05) is 23.9 Å². The smallest absolute Gasteiger partial charge is 0.287 e. The number of aryl methyl sites for hydroxylation is 2. The van der Waals surface area contributed by atoms with Gasteiger partial charge < -0.3 is 9.73 Å². The average molecular weight is 250 g/mol. The lowest BCUT2D eigenvalue weighted by atomic mass is 10.2. The Kier molecular flexibility index (Phi) is 3.58. The van der Waals surface area contributed by atoms with Gasteiger partial charge in [0.1, 0.15) is 0 Å². The molecule has 5 heteroatoms. The lowest BCUT2D eigenvalue weighted by Gasteiger charge is -2.02. The molecule has 4 nitrogen and oxygen atoms in total. The number of thiazole rings is 1. The summed E-state index contributed by atoms with van der Waals surface area (Å²) in [6.45, 7) is 4.39. The second kappa shape index (κ2) is 5.14. The summed E-state index contributed by atoms with van der Waals surface area (Å²) < 4.78 is 5.11. The molecule has 2 aromatic heterocycles. The fourth-order valence-corrected chi connectivity index (χ4v) is 2.16. The van der Waals surface area contributed by atoms with Crippen LogP contribution in [0.5, 0.6) is 0 Å². The summed E-state index contributed by atoms with van der Waals surface area (Å²) in [6, 6.07) is 1.78. The van der Waals surface area contributed by atoms with Crippen LogP contribution < -0.4 is 5.32 Å². The molecule has 0 aliphatic rings. The van der Waals surface area contributed by atoms with E-state index in [0.29, 0.717) is 12.3 Å². The van der Waals surface area contributed by atoms with Crippen LogP contribution in [0.1, 0.15) is 26.8 Å². The van der Waals surface area contributed by atoms with E-state index >= 15 is 0 Å². The van der Waals surface area contributed by atoms with E-state index in [2.05, 4.69) is 10.3 Å². The van der Waals surface area contributed by atoms with Gasteiger partial charge in [-0.15, -0.1) is 11.3 Å². The normalized spacial score (nSPS) is 10.5. The topological polar surface area (TPSA) is 55.1 Å². The third-order valence-electron chi connectivity index (χ3n) is 2.40. The van der Waals surface area contributed by atoms with Crippen LogP contribution in [0.4, 0.5) is 0 Å². The minimum Gasteiger partial charge on any atom is -0.459 e.